The van der Waals surface area contributed by atoms with Crippen LogP contribution < -0.4 is 11.1 Å². The van der Waals surface area contributed by atoms with Gasteiger partial charge in [-0.3, -0.25) is 9.59 Å². The second kappa shape index (κ2) is 9.23. The number of hydrogen-bond donors (Lipinski definition) is 2. The molecule has 0 saturated carbocycles. The van der Waals surface area contributed by atoms with Crippen LogP contribution in [-0.2, 0) is 14.3 Å². The molecule has 7 heteroatoms. The number of rotatable bonds is 5. The molecular formula is C14H26ClN3O3. The van der Waals surface area contributed by atoms with Crippen LogP contribution in [0.25, 0.3) is 0 Å². The van der Waals surface area contributed by atoms with Gasteiger partial charge in [0.15, 0.2) is 0 Å². The van der Waals surface area contributed by atoms with E-state index in [4.69, 9.17) is 10.5 Å². The Kier molecular flexibility index (Phi) is 8.00. The number of piperidine rings is 1. The third kappa shape index (κ3) is 5.45. The molecule has 2 aliphatic rings. The van der Waals surface area contributed by atoms with Gasteiger partial charge in [-0.15, -0.1) is 12.4 Å². The predicted octanol–water partition coefficient (Wildman–Crippen LogP) is 0.291. The van der Waals surface area contributed by atoms with E-state index >= 15 is 0 Å². The highest BCUT2D eigenvalue weighted by atomic mass is 35.5. The fraction of sp³-hybridized carbons (Fsp3) is 0.857. The number of amides is 2. The number of carbonyl (C=O) groups is 2. The lowest BCUT2D eigenvalue weighted by Gasteiger charge is -2.32. The number of carbonyl (C=O) groups excluding carboxylic acids is 2. The Morgan fingerprint density at radius 3 is 2.76 bits per heavy atom. The standard InChI is InChI=1S/C14H25N3O3.ClH/c15-5-6-16-14(19)11-3-1-7-17(10-11)13(18)9-12-4-2-8-20-12;/h11-12H,1-10,15H2,(H,16,19);1H. The van der Waals surface area contributed by atoms with Crippen molar-refractivity contribution < 1.29 is 14.3 Å². The van der Waals surface area contributed by atoms with Crippen molar-refractivity contribution in [3.8, 4) is 0 Å². The minimum absolute atomic E-state index is 0. The van der Waals surface area contributed by atoms with Crippen LogP contribution in [0.4, 0.5) is 0 Å². The number of likely N-dealkylation sites (tertiary alicyclic amines) is 1. The van der Waals surface area contributed by atoms with E-state index in [1.165, 1.54) is 0 Å². The van der Waals surface area contributed by atoms with Crippen molar-refractivity contribution in [2.45, 2.75) is 38.2 Å². The summed E-state index contributed by atoms with van der Waals surface area (Å²) in [6, 6.07) is 0. The van der Waals surface area contributed by atoms with E-state index in [9.17, 15) is 9.59 Å². The van der Waals surface area contributed by atoms with Crippen LogP contribution in [0.15, 0.2) is 0 Å². The quantitative estimate of drug-likeness (QED) is 0.763. The van der Waals surface area contributed by atoms with Crippen LogP contribution in [-0.4, -0.2) is 55.6 Å². The molecule has 2 aliphatic heterocycles. The summed E-state index contributed by atoms with van der Waals surface area (Å²) in [5, 5.41) is 2.81. The maximum atomic E-state index is 12.2. The minimum Gasteiger partial charge on any atom is -0.378 e. The second-order valence-electron chi connectivity index (χ2n) is 5.60. The third-order valence-electron chi connectivity index (χ3n) is 4.01. The number of nitrogens with one attached hydrogen (secondary N) is 1. The first-order valence-corrected chi connectivity index (χ1v) is 7.58. The Morgan fingerprint density at radius 2 is 2.10 bits per heavy atom. The molecule has 2 amide bonds. The first kappa shape index (κ1) is 18.2. The second-order valence-corrected chi connectivity index (χ2v) is 5.60. The number of hydrogen-bond acceptors (Lipinski definition) is 4. The summed E-state index contributed by atoms with van der Waals surface area (Å²) in [6.45, 7) is 3.00. The maximum Gasteiger partial charge on any atom is 0.225 e. The first-order valence-electron chi connectivity index (χ1n) is 7.58. The van der Waals surface area contributed by atoms with Gasteiger partial charge in [0.05, 0.1) is 18.4 Å². The topological polar surface area (TPSA) is 84.7 Å². The van der Waals surface area contributed by atoms with E-state index in [-0.39, 0.29) is 36.2 Å². The predicted molar refractivity (Wildman–Crippen MR) is 82.2 cm³/mol. The average molecular weight is 320 g/mol. The van der Waals surface area contributed by atoms with Crippen LogP contribution in [0.1, 0.15) is 32.1 Å². The zero-order chi connectivity index (χ0) is 14.4. The molecule has 2 heterocycles. The van der Waals surface area contributed by atoms with Crippen molar-refractivity contribution >= 4 is 24.2 Å². The summed E-state index contributed by atoms with van der Waals surface area (Å²) in [6.07, 6.45) is 4.28. The van der Waals surface area contributed by atoms with E-state index in [1.807, 2.05) is 4.90 Å². The molecular weight excluding hydrogens is 294 g/mol. The molecule has 3 N–H and O–H groups in total. The molecule has 0 aromatic carbocycles. The number of nitrogens with zero attached hydrogens (tertiary/aromatic N) is 1. The first-order chi connectivity index (χ1) is 9.70. The molecule has 0 spiro atoms. The summed E-state index contributed by atoms with van der Waals surface area (Å²) in [4.78, 5) is 26.0. The summed E-state index contributed by atoms with van der Waals surface area (Å²) in [7, 11) is 0. The molecule has 0 bridgehead atoms. The van der Waals surface area contributed by atoms with Crippen molar-refractivity contribution in [3.05, 3.63) is 0 Å². The number of nitrogens with two attached hydrogens (primary N) is 1. The van der Waals surface area contributed by atoms with E-state index in [0.29, 0.717) is 26.1 Å². The Bertz CT molecular complexity index is 348. The molecule has 0 aromatic rings. The van der Waals surface area contributed by atoms with E-state index < -0.39 is 0 Å². The summed E-state index contributed by atoms with van der Waals surface area (Å²) >= 11 is 0. The van der Waals surface area contributed by atoms with Gasteiger partial charge in [0, 0.05) is 32.8 Å². The van der Waals surface area contributed by atoms with Crippen LogP contribution >= 0.6 is 12.4 Å². The van der Waals surface area contributed by atoms with Crippen LogP contribution in [0.2, 0.25) is 0 Å². The summed E-state index contributed by atoms with van der Waals surface area (Å²) in [5.74, 6) is 0.0436. The van der Waals surface area contributed by atoms with Gasteiger partial charge in [-0.2, -0.15) is 0 Å². The lowest BCUT2D eigenvalue weighted by atomic mass is 9.96. The van der Waals surface area contributed by atoms with Crippen molar-refractivity contribution in [1.29, 1.82) is 0 Å². The normalized spacial score (nSPS) is 25.3. The van der Waals surface area contributed by atoms with Gasteiger partial charge < -0.3 is 20.7 Å². The van der Waals surface area contributed by atoms with Crippen LogP contribution in [0.5, 0.6) is 0 Å². The maximum absolute atomic E-state index is 12.2. The van der Waals surface area contributed by atoms with E-state index in [0.717, 1.165) is 38.8 Å². The lowest BCUT2D eigenvalue weighted by molar-refractivity contribution is -0.137. The van der Waals surface area contributed by atoms with Crippen molar-refractivity contribution in [2.75, 3.05) is 32.8 Å². The largest absolute Gasteiger partial charge is 0.378 e. The molecule has 0 radical (unpaired) electrons. The van der Waals surface area contributed by atoms with Crippen molar-refractivity contribution in [3.63, 3.8) is 0 Å². The molecule has 0 aliphatic carbocycles. The lowest BCUT2D eigenvalue weighted by Crippen LogP contribution is -2.46. The van der Waals surface area contributed by atoms with Gasteiger partial charge in [-0.25, -0.2) is 0 Å². The molecule has 21 heavy (non-hydrogen) atoms. The minimum atomic E-state index is -0.0938. The fourth-order valence-corrected chi connectivity index (χ4v) is 2.89. The van der Waals surface area contributed by atoms with Crippen molar-refractivity contribution in [2.24, 2.45) is 11.7 Å². The Labute approximate surface area is 132 Å². The number of ether oxygens (including phenoxy) is 1. The average Bonchev–Trinajstić information content (AvgIpc) is 2.97. The molecule has 2 rings (SSSR count). The van der Waals surface area contributed by atoms with E-state index in [1.54, 1.807) is 0 Å². The van der Waals surface area contributed by atoms with Gasteiger partial charge in [-0.05, 0) is 25.7 Å². The van der Waals surface area contributed by atoms with Crippen LogP contribution in [0.3, 0.4) is 0 Å². The molecule has 0 aromatic heterocycles. The molecule has 2 fully saturated rings. The fourth-order valence-electron chi connectivity index (χ4n) is 2.89. The zero-order valence-electron chi connectivity index (χ0n) is 12.4. The molecule has 2 saturated heterocycles. The highest BCUT2D eigenvalue weighted by Gasteiger charge is 2.30. The van der Waals surface area contributed by atoms with Gasteiger partial charge in [0.25, 0.3) is 0 Å². The van der Waals surface area contributed by atoms with Gasteiger partial charge in [0.2, 0.25) is 11.8 Å². The van der Waals surface area contributed by atoms with Gasteiger partial charge in [-0.1, -0.05) is 0 Å². The SMILES string of the molecule is Cl.NCCNC(=O)C1CCCN(C(=O)CC2CCCO2)C1. The summed E-state index contributed by atoms with van der Waals surface area (Å²) in [5.41, 5.74) is 5.38. The van der Waals surface area contributed by atoms with Gasteiger partial charge >= 0.3 is 0 Å². The molecule has 2 unspecified atom stereocenters. The highest BCUT2D eigenvalue weighted by molar-refractivity contribution is 5.85. The molecule has 2 atom stereocenters. The van der Waals surface area contributed by atoms with E-state index in [2.05, 4.69) is 5.32 Å². The van der Waals surface area contributed by atoms with Gasteiger partial charge in [0.1, 0.15) is 0 Å². The molecule has 6 nitrogen and oxygen atoms in total. The molecule has 122 valence electrons. The smallest absolute Gasteiger partial charge is 0.225 e. The third-order valence-corrected chi connectivity index (χ3v) is 4.01. The number of halogens is 1. The monoisotopic (exact) mass is 319 g/mol. The summed E-state index contributed by atoms with van der Waals surface area (Å²) < 4.78 is 5.50. The Balaban J connectivity index is 0.00000220. The van der Waals surface area contributed by atoms with Crippen molar-refractivity contribution in [1.82, 2.24) is 10.2 Å². The zero-order valence-corrected chi connectivity index (χ0v) is 13.2. The van der Waals surface area contributed by atoms with Crippen LogP contribution in [0, 0.1) is 5.92 Å². The Hall–Kier alpha value is -0.850. The highest BCUT2D eigenvalue weighted by Crippen LogP contribution is 2.20. The Morgan fingerprint density at radius 1 is 1.29 bits per heavy atom.